The van der Waals surface area contributed by atoms with Gasteiger partial charge in [0.2, 0.25) is 0 Å². The van der Waals surface area contributed by atoms with Crippen LogP contribution in [-0.4, -0.2) is 6.04 Å². The van der Waals surface area contributed by atoms with Gasteiger partial charge in [0.15, 0.2) is 0 Å². The van der Waals surface area contributed by atoms with Gasteiger partial charge in [-0.05, 0) is 31.1 Å². The van der Waals surface area contributed by atoms with Crippen molar-refractivity contribution in [3.63, 3.8) is 0 Å². The molecule has 64 valence electrons. The van der Waals surface area contributed by atoms with Gasteiger partial charge in [0.25, 0.3) is 0 Å². The van der Waals surface area contributed by atoms with E-state index >= 15 is 0 Å². The molecule has 0 spiro atoms. The van der Waals surface area contributed by atoms with Crippen LogP contribution >= 0.6 is 0 Å². The average Bonchev–Trinajstić information content (AvgIpc) is 2.04. The first-order valence-electron chi connectivity index (χ1n) is 5.19. The topological polar surface area (TPSA) is 27.6 Å². The Morgan fingerprint density at radius 3 is 2.36 bits per heavy atom. The fourth-order valence-corrected chi connectivity index (χ4v) is 2.97. The van der Waals surface area contributed by atoms with Crippen molar-refractivity contribution in [2.24, 2.45) is 11.8 Å². The van der Waals surface area contributed by atoms with Crippen LogP contribution in [0.1, 0.15) is 44.9 Å². The third-order valence-electron chi connectivity index (χ3n) is 3.65. The molecule has 2 aliphatic rings. The average molecular weight is 154 g/mol. The minimum atomic E-state index is 0.786. The van der Waals surface area contributed by atoms with E-state index in [1.54, 1.807) is 0 Å². The summed E-state index contributed by atoms with van der Waals surface area (Å²) in [7, 11) is 0. The molecule has 0 unspecified atom stereocenters. The summed E-state index contributed by atoms with van der Waals surface area (Å²) >= 11 is 0. The Balaban J connectivity index is 1.93. The van der Waals surface area contributed by atoms with E-state index in [0.29, 0.717) is 0 Å². The molecule has 2 rings (SSSR count). The van der Waals surface area contributed by atoms with Crippen LogP contribution in [0.4, 0.5) is 0 Å². The standard InChI is InChI=1S/C10H19N/c11-10-6-5-8-3-1-2-4-9(8)7-10/h8-10H,1-7,11H2/p+1/t8-,9-,10+/m0/s1. The molecular weight excluding hydrogens is 134 g/mol. The molecule has 3 N–H and O–H groups in total. The molecule has 0 heterocycles. The second kappa shape index (κ2) is 3.14. The Kier molecular flexibility index (Phi) is 2.17. The monoisotopic (exact) mass is 154 g/mol. The molecular formula is C10H20N+. The quantitative estimate of drug-likeness (QED) is 0.549. The predicted molar refractivity (Wildman–Crippen MR) is 46.0 cm³/mol. The maximum atomic E-state index is 4.19. The predicted octanol–water partition coefficient (Wildman–Crippen LogP) is 1.59. The second-order valence-electron chi connectivity index (χ2n) is 4.48. The Morgan fingerprint density at radius 1 is 0.818 bits per heavy atom. The lowest BCUT2D eigenvalue weighted by Crippen LogP contribution is -2.63. The van der Waals surface area contributed by atoms with E-state index in [9.17, 15) is 0 Å². The van der Waals surface area contributed by atoms with E-state index in [1.807, 2.05) is 0 Å². The van der Waals surface area contributed by atoms with Crippen molar-refractivity contribution in [2.45, 2.75) is 51.0 Å². The molecule has 2 saturated carbocycles. The minimum Gasteiger partial charge on any atom is -0.355 e. The zero-order valence-corrected chi connectivity index (χ0v) is 7.39. The Hall–Kier alpha value is -0.0400. The smallest absolute Gasteiger partial charge is 0.0846 e. The van der Waals surface area contributed by atoms with Crippen molar-refractivity contribution in [1.82, 2.24) is 0 Å². The van der Waals surface area contributed by atoms with Crippen molar-refractivity contribution in [1.29, 1.82) is 0 Å². The Labute approximate surface area is 69.4 Å². The van der Waals surface area contributed by atoms with Crippen LogP contribution in [0.5, 0.6) is 0 Å². The van der Waals surface area contributed by atoms with Crippen LogP contribution in [0.15, 0.2) is 0 Å². The molecule has 2 aliphatic carbocycles. The lowest BCUT2D eigenvalue weighted by molar-refractivity contribution is -0.430. The molecule has 2 fully saturated rings. The molecule has 3 atom stereocenters. The lowest BCUT2D eigenvalue weighted by Gasteiger charge is -2.36. The summed E-state index contributed by atoms with van der Waals surface area (Å²) < 4.78 is 0. The summed E-state index contributed by atoms with van der Waals surface area (Å²) in [6.45, 7) is 0. The number of quaternary nitrogens is 1. The molecule has 0 bridgehead atoms. The van der Waals surface area contributed by atoms with Crippen LogP contribution in [0, 0.1) is 11.8 Å². The Morgan fingerprint density at radius 2 is 1.55 bits per heavy atom. The molecule has 0 aromatic heterocycles. The molecule has 0 aliphatic heterocycles. The number of hydrogen-bond donors (Lipinski definition) is 1. The Bertz CT molecular complexity index is 133. The van der Waals surface area contributed by atoms with Crippen molar-refractivity contribution in [2.75, 3.05) is 0 Å². The first-order chi connectivity index (χ1) is 5.36. The third kappa shape index (κ3) is 1.58. The van der Waals surface area contributed by atoms with Crippen LogP contribution in [0.25, 0.3) is 0 Å². The largest absolute Gasteiger partial charge is 0.355 e. The highest BCUT2D eigenvalue weighted by Gasteiger charge is 2.31. The van der Waals surface area contributed by atoms with E-state index in [2.05, 4.69) is 5.73 Å². The van der Waals surface area contributed by atoms with Gasteiger partial charge in [0, 0.05) is 6.42 Å². The molecule has 1 nitrogen and oxygen atoms in total. The van der Waals surface area contributed by atoms with Crippen LogP contribution in [0.3, 0.4) is 0 Å². The third-order valence-corrected chi connectivity index (χ3v) is 3.65. The molecule has 0 saturated heterocycles. The fourth-order valence-electron chi connectivity index (χ4n) is 2.97. The van der Waals surface area contributed by atoms with Crippen molar-refractivity contribution < 1.29 is 5.73 Å². The van der Waals surface area contributed by atoms with Gasteiger partial charge in [-0.1, -0.05) is 19.3 Å². The summed E-state index contributed by atoms with van der Waals surface area (Å²) in [5, 5.41) is 0. The second-order valence-corrected chi connectivity index (χ2v) is 4.48. The van der Waals surface area contributed by atoms with Gasteiger partial charge in [-0.15, -0.1) is 0 Å². The molecule has 0 aromatic carbocycles. The van der Waals surface area contributed by atoms with Crippen molar-refractivity contribution in [3.8, 4) is 0 Å². The molecule has 0 amide bonds. The van der Waals surface area contributed by atoms with Gasteiger partial charge in [0.05, 0.1) is 6.04 Å². The molecule has 0 radical (unpaired) electrons. The zero-order chi connectivity index (χ0) is 7.68. The maximum absolute atomic E-state index is 4.19. The number of hydrogen-bond acceptors (Lipinski definition) is 0. The van der Waals surface area contributed by atoms with Crippen LogP contribution in [0.2, 0.25) is 0 Å². The van der Waals surface area contributed by atoms with Gasteiger partial charge in [-0.3, -0.25) is 0 Å². The highest BCUT2D eigenvalue weighted by Crippen LogP contribution is 2.39. The summed E-state index contributed by atoms with van der Waals surface area (Å²) in [6.07, 6.45) is 10.4. The van der Waals surface area contributed by atoms with E-state index in [-0.39, 0.29) is 0 Å². The summed E-state index contributed by atoms with van der Waals surface area (Å²) in [6, 6.07) is 0.786. The van der Waals surface area contributed by atoms with Gasteiger partial charge in [-0.2, -0.15) is 0 Å². The minimum absolute atomic E-state index is 0.786. The number of rotatable bonds is 0. The van der Waals surface area contributed by atoms with Gasteiger partial charge < -0.3 is 5.73 Å². The zero-order valence-electron chi connectivity index (χ0n) is 7.39. The van der Waals surface area contributed by atoms with Gasteiger partial charge >= 0.3 is 0 Å². The summed E-state index contributed by atoms with van der Waals surface area (Å²) in [5.74, 6) is 2.17. The first kappa shape index (κ1) is 7.60. The van der Waals surface area contributed by atoms with Gasteiger partial charge in [-0.25, -0.2) is 0 Å². The summed E-state index contributed by atoms with van der Waals surface area (Å²) in [5.41, 5.74) is 4.19. The molecule has 0 aromatic rings. The molecule has 11 heavy (non-hydrogen) atoms. The number of fused-ring (bicyclic) bond motifs is 1. The van der Waals surface area contributed by atoms with Crippen molar-refractivity contribution in [3.05, 3.63) is 0 Å². The fraction of sp³-hybridized carbons (Fsp3) is 1.00. The van der Waals surface area contributed by atoms with Crippen LogP contribution < -0.4 is 5.73 Å². The van der Waals surface area contributed by atoms with Crippen LogP contribution in [-0.2, 0) is 0 Å². The van der Waals surface area contributed by atoms with E-state index < -0.39 is 0 Å². The highest BCUT2D eigenvalue weighted by molar-refractivity contribution is 4.82. The first-order valence-corrected chi connectivity index (χ1v) is 5.19. The SMILES string of the molecule is [NH3+][C@@H]1CC[C@@H]2CCCC[C@H]2C1. The van der Waals surface area contributed by atoms with E-state index in [1.165, 1.54) is 44.9 Å². The molecule has 1 heteroatoms. The highest BCUT2D eigenvalue weighted by atomic mass is 14.6. The van der Waals surface area contributed by atoms with Crippen molar-refractivity contribution >= 4 is 0 Å². The summed E-state index contributed by atoms with van der Waals surface area (Å²) in [4.78, 5) is 0. The lowest BCUT2D eigenvalue weighted by atomic mass is 9.70. The normalized spacial score (nSPS) is 45.0. The van der Waals surface area contributed by atoms with Gasteiger partial charge in [0.1, 0.15) is 0 Å². The maximum Gasteiger partial charge on any atom is 0.0846 e. The van der Waals surface area contributed by atoms with E-state index in [4.69, 9.17) is 0 Å². The van der Waals surface area contributed by atoms with E-state index in [0.717, 1.165) is 17.9 Å².